The minimum atomic E-state index is -5.12. The van der Waals surface area contributed by atoms with Gasteiger partial charge in [-0.2, -0.15) is 9.37 Å². The van der Waals surface area contributed by atoms with Gasteiger partial charge in [0, 0.05) is 0 Å². The van der Waals surface area contributed by atoms with Gasteiger partial charge in [-0.05, 0) is 12.1 Å². The fourth-order valence-corrected chi connectivity index (χ4v) is 0.768. The molecular weight excluding hydrogens is 222 g/mol. The molecule has 4 nitrogen and oxygen atoms in total. The third-order valence-corrected chi connectivity index (χ3v) is 1.27. The molecular formula is C7H3F4NO3. The largest absolute Gasteiger partial charge is 0.574 e. The zero-order valence-corrected chi connectivity index (χ0v) is 6.88. The van der Waals surface area contributed by atoms with Crippen molar-refractivity contribution in [1.29, 1.82) is 0 Å². The van der Waals surface area contributed by atoms with Gasteiger partial charge >= 0.3 is 12.3 Å². The number of rotatable bonds is 2. The second-order valence-electron chi connectivity index (χ2n) is 2.34. The predicted octanol–water partition coefficient (Wildman–Crippen LogP) is 1.82. The molecule has 15 heavy (non-hydrogen) atoms. The van der Waals surface area contributed by atoms with E-state index in [-0.39, 0.29) is 0 Å². The summed E-state index contributed by atoms with van der Waals surface area (Å²) >= 11 is 0. The Bertz CT molecular complexity index is 390. The van der Waals surface area contributed by atoms with E-state index >= 15 is 0 Å². The summed E-state index contributed by atoms with van der Waals surface area (Å²) in [6.07, 6.45) is -5.12. The van der Waals surface area contributed by atoms with Gasteiger partial charge in [0.25, 0.3) is 0 Å². The molecule has 0 aliphatic rings. The van der Waals surface area contributed by atoms with E-state index in [1.165, 1.54) is 0 Å². The van der Waals surface area contributed by atoms with Crippen molar-refractivity contribution in [3.8, 4) is 5.88 Å². The summed E-state index contributed by atoms with van der Waals surface area (Å²) in [7, 11) is 0. The smallest absolute Gasteiger partial charge is 0.477 e. The Balaban J connectivity index is 3.13. The van der Waals surface area contributed by atoms with Crippen molar-refractivity contribution in [3.63, 3.8) is 0 Å². The molecule has 0 amide bonds. The van der Waals surface area contributed by atoms with Crippen LogP contribution in [0, 0.1) is 5.95 Å². The normalized spacial score (nSPS) is 11.2. The number of hydrogen-bond acceptors (Lipinski definition) is 3. The van der Waals surface area contributed by atoms with Crippen LogP contribution in [0.15, 0.2) is 12.1 Å². The van der Waals surface area contributed by atoms with E-state index in [0.717, 1.165) is 0 Å². The number of alkyl halides is 3. The van der Waals surface area contributed by atoms with Crippen LogP contribution in [0.3, 0.4) is 0 Å². The van der Waals surface area contributed by atoms with E-state index in [1.54, 1.807) is 0 Å². The van der Waals surface area contributed by atoms with Crippen molar-refractivity contribution in [2.24, 2.45) is 0 Å². The highest BCUT2D eigenvalue weighted by Gasteiger charge is 2.34. The molecule has 1 N–H and O–H groups in total. The summed E-state index contributed by atoms with van der Waals surface area (Å²) in [5.41, 5.74) is -0.867. The fraction of sp³-hybridized carbons (Fsp3) is 0.143. The Morgan fingerprint density at radius 3 is 2.47 bits per heavy atom. The van der Waals surface area contributed by atoms with Crippen molar-refractivity contribution >= 4 is 5.97 Å². The van der Waals surface area contributed by atoms with Gasteiger partial charge in [-0.25, -0.2) is 4.79 Å². The number of aromatic carboxylic acids is 1. The van der Waals surface area contributed by atoms with Crippen molar-refractivity contribution in [1.82, 2.24) is 4.98 Å². The van der Waals surface area contributed by atoms with E-state index < -0.39 is 29.7 Å². The molecule has 0 fully saturated rings. The van der Waals surface area contributed by atoms with Crippen LogP contribution in [-0.2, 0) is 0 Å². The Labute approximate surface area is 80.1 Å². The van der Waals surface area contributed by atoms with Crippen LogP contribution < -0.4 is 4.74 Å². The number of pyridine rings is 1. The number of carbonyl (C=O) groups is 1. The Morgan fingerprint density at radius 2 is 2.00 bits per heavy atom. The summed E-state index contributed by atoms with van der Waals surface area (Å²) in [6, 6.07) is 1.25. The third-order valence-electron chi connectivity index (χ3n) is 1.27. The predicted molar refractivity (Wildman–Crippen MR) is 37.8 cm³/mol. The van der Waals surface area contributed by atoms with Crippen molar-refractivity contribution in [3.05, 3.63) is 23.6 Å². The first-order valence-corrected chi connectivity index (χ1v) is 3.45. The number of carboxylic acids is 1. The lowest BCUT2D eigenvalue weighted by Crippen LogP contribution is -2.20. The lowest BCUT2D eigenvalue weighted by Gasteiger charge is -2.09. The molecule has 1 aromatic rings. The van der Waals surface area contributed by atoms with Gasteiger partial charge in [0.15, 0.2) is 0 Å². The van der Waals surface area contributed by atoms with Gasteiger partial charge in [-0.3, -0.25) is 0 Å². The molecule has 82 valence electrons. The maximum atomic E-state index is 12.4. The first kappa shape index (κ1) is 11.2. The molecule has 1 rings (SSSR count). The van der Waals surface area contributed by atoms with E-state index in [1.807, 2.05) is 0 Å². The van der Waals surface area contributed by atoms with E-state index in [9.17, 15) is 22.4 Å². The summed E-state index contributed by atoms with van der Waals surface area (Å²) in [6.45, 7) is 0. The van der Waals surface area contributed by atoms with Crippen molar-refractivity contribution < 1.29 is 32.2 Å². The van der Waals surface area contributed by atoms with Crippen LogP contribution in [0.4, 0.5) is 17.6 Å². The van der Waals surface area contributed by atoms with Crippen molar-refractivity contribution in [2.45, 2.75) is 6.36 Å². The second-order valence-corrected chi connectivity index (χ2v) is 2.34. The van der Waals surface area contributed by atoms with Crippen LogP contribution in [0.1, 0.15) is 10.4 Å². The topological polar surface area (TPSA) is 59.4 Å². The van der Waals surface area contributed by atoms with Gasteiger partial charge in [0.2, 0.25) is 11.8 Å². The summed E-state index contributed by atoms with van der Waals surface area (Å²) in [5.74, 6) is -4.28. The molecule has 0 unspecified atom stereocenters. The van der Waals surface area contributed by atoms with Gasteiger partial charge in [-0.15, -0.1) is 13.2 Å². The third kappa shape index (κ3) is 3.08. The van der Waals surface area contributed by atoms with Crippen LogP contribution >= 0.6 is 0 Å². The molecule has 0 spiro atoms. The molecule has 0 aliphatic carbocycles. The number of hydrogen-bond donors (Lipinski definition) is 1. The van der Waals surface area contributed by atoms with Gasteiger partial charge in [-0.1, -0.05) is 0 Å². The highest BCUT2D eigenvalue weighted by Crippen LogP contribution is 2.24. The lowest BCUT2D eigenvalue weighted by atomic mass is 10.3. The Hall–Kier alpha value is -1.86. The zero-order valence-electron chi connectivity index (χ0n) is 6.88. The van der Waals surface area contributed by atoms with Crippen LogP contribution in [0.2, 0.25) is 0 Å². The standard InChI is InChI=1S/C7H3F4NO3/c8-4-2-1-3(6(13)14)5(12-4)15-7(9,10)11/h1-2H,(H,13,14). The number of nitrogens with zero attached hydrogens (tertiary/aromatic N) is 1. The fourth-order valence-electron chi connectivity index (χ4n) is 0.768. The Kier molecular flexibility index (Phi) is 2.78. The maximum Gasteiger partial charge on any atom is 0.574 e. The second kappa shape index (κ2) is 3.71. The summed E-state index contributed by atoms with van der Waals surface area (Å²) in [4.78, 5) is 13.1. The van der Waals surface area contributed by atoms with Gasteiger partial charge in [0.05, 0.1) is 0 Å². The van der Waals surface area contributed by atoms with Gasteiger partial charge in [0.1, 0.15) is 5.56 Å². The quantitative estimate of drug-likeness (QED) is 0.616. The molecule has 1 aromatic heterocycles. The van der Waals surface area contributed by atoms with E-state index in [0.29, 0.717) is 12.1 Å². The first-order chi connectivity index (χ1) is 6.79. The van der Waals surface area contributed by atoms with Crippen LogP contribution in [-0.4, -0.2) is 22.4 Å². The molecule has 0 atom stereocenters. The highest BCUT2D eigenvalue weighted by atomic mass is 19.4. The monoisotopic (exact) mass is 225 g/mol. The molecule has 1 heterocycles. The Morgan fingerprint density at radius 1 is 1.40 bits per heavy atom. The molecule has 0 radical (unpaired) electrons. The van der Waals surface area contributed by atoms with Crippen LogP contribution in [0.5, 0.6) is 5.88 Å². The van der Waals surface area contributed by atoms with Crippen LogP contribution in [0.25, 0.3) is 0 Å². The minimum absolute atomic E-state index is 0.618. The van der Waals surface area contributed by atoms with E-state index in [2.05, 4.69) is 9.72 Å². The number of aromatic nitrogens is 1. The molecule has 0 aromatic carbocycles. The lowest BCUT2D eigenvalue weighted by molar-refractivity contribution is -0.276. The summed E-state index contributed by atoms with van der Waals surface area (Å²) in [5, 5.41) is 8.44. The van der Waals surface area contributed by atoms with Gasteiger partial charge < -0.3 is 9.84 Å². The molecule has 0 saturated heterocycles. The molecule has 8 heteroatoms. The molecule has 0 aliphatic heterocycles. The SMILES string of the molecule is O=C(O)c1ccc(F)nc1OC(F)(F)F. The van der Waals surface area contributed by atoms with E-state index in [4.69, 9.17) is 5.11 Å². The number of ether oxygens (including phenoxy) is 1. The first-order valence-electron chi connectivity index (χ1n) is 3.45. The molecule has 0 bridgehead atoms. The average Bonchev–Trinajstić information content (AvgIpc) is 1.99. The average molecular weight is 225 g/mol. The molecule has 0 saturated carbocycles. The zero-order chi connectivity index (χ0) is 11.6. The minimum Gasteiger partial charge on any atom is -0.477 e. The number of halogens is 4. The van der Waals surface area contributed by atoms with Crippen molar-refractivity contribution in [2.75, 3.05) is 0 Å². The number of carboxylic acid groups (broad SMARTS) is 1. The highest BCUT2D eigenvalue weighted by molar-refractivity contribution is 5.90. The maximum absolute atomic E-state index is 12.4. The summed E-state index contributed by atoms with van der Waals surface area (Å²) < 4.78 is 50.9.